The summed E-state index contributed by atoms with van der Waals surface area (Å²) < 4.78 is 10.5. The normalized spacial score (nSPS) is 22.9. The fourth-order valence-corrected chi connectivity index (χ4v) is 1.80. The van der Waals surface area contributed by atoms with Crippen LogP contribution in [0.1, 0.15) is 25.7 Å². The minimum atomic E-state index is -0.708. The molecule has 13 heavy (non-hydrogen) atoms. The molecule has 0 heterocycles. The molecule has 1 fully saturated rings. The van der Waals surface area contributed by atoms with E-state index in [0.29, 0.717) is 25.7 Å². The van der Waals surface area contributed by atoms with Crippen molar-refractivity contribution in [1.82, 2.24) is 0 Å². The van der Waals surface area contributed by atoms with Gasteiger partial charge < -0.3 is 14.6 Å². The number of rotatable bonds is 3. The molecular formula is C9H16O4. The van der Waals surface area contributed by atoms with E-state index in [1.807, 2.05) is 0 Å². The molecular weight excluding hydrogens is 172 g/mol. The lowest BCUT2D eigenvalue weighted by Crippen LogP contribution is -2.39. The van der Waals surface area contributed by atoms with Crippen LogP contribution in [-0.2, 0) is 14.3 Å². The van der Waals surface area contributed by atoms with Crippen molar-refractivity contribution in [3.63, 3.8) is 0 Å². The first-order valence-electron chi connectivity index (χ1n) is 4.46. The highest BCUT2D eigenvalue weighted by molar-refractivity contribution is 5.70. The van der Waals surface area contributed by atoms with E-state index in [2.05, 4.69) is 0 Å². The second kappa shape index (κ2) is 4.07. The lowest BCUT2D eigenvalue weighted by atomic mass is 9.85. The highest BCUT2D eigenvalue weighted by atomic mass is 16.7. The van der Waals surface area contributed by atoms with E-state index in [1.165, 1.54) is 0 Å². The topological polar surface area (TPSA) is 55.8 Å². The summed E-state index contributed by atoms with van der Waals surface area (Å²) in [6.07, 6.45) is 2.60. The first kappa shape index (κ1) is 10.5. The molecule has 1 saturated carbocycles. The minimum absolute atomic E-state index is 0.224. The number of carboxylic acids is 1. The molecule has 0 atom stereocenters. The predicted molar refractivity (Wildman–Crippen MR) is 46.3 cm³/mol. The third-order valence-corrected chi connectivity index (χ3v) is 2.84. The zero-order valence-electron chi connectivity index (χ0n) is 8.08. The molecule has 0 aliphatic heterocycles. The monoisotopic (exact) mass is 188 g/mol. The summed E-state index contributed by atoms with van der Waals surface area (Å²) in [5.74, 6) is -1.47. The van der Waals surface area contributed by atoms with Crippen molar-refractivity contribution in [3.05, 3.63) is 0 Å². The predicted octanol–water partition coefficient (Wildman–Crippen LogP) is 1.25. The maximum Gasteiger partial charge on any atom is 0.306 e. The molecule has 0 saturated heterocycles. The van der Waals surface area contributed by atoms with Crippen LogP contribution in [0.5, 0.6) is 0 Å². The van der Waals surface area contributed by atoms with Gasteiger partial charge in [0.05, 0.1) is 5.92 Å². The molecule has 0 aromatic rings. The fourth-order valence-electron chi connectivity index (χ4n) is 1.80. The van der Waals surface area contributed by atoms with Gasteiger partial charge in [0.15, 0.2) is 5.79 Å². The Morgan fingerprint density at radius 2 is 1.77 bits per heavy atom. The Hall–Kier alpha value is -0.610. The molecule has 0 aromatic carbocycles. The average Bonchev–Trinajstić information content (AvgIpc) is 2.18. The van der Waals surface area contributed by atoms with Crippen molar-refractivity contribution in [2.45, 2.75) is 31.5 Å². The Labute approximate surface area is 77.8 Å². The number of ether oxygens (including phenoxy) is 2. The summed E-state index contributed by atoms with van der Waals surface area (Å²) in [5.41, 5.74) is 0. The second-order valence-electron chi connectivity index (χ2n) is 3.43. The Kier molecular flexibility index (Phi) is 3.27. The molecule has 0 radical (unpaired) electrons. The van der Waals surface area contributed by atoms with E-state index in [0.717, 1.165) is 0 Å². The summed E-state index contributed by atoms with van der Waals surface area (Å²) in [7, 11) is 3.20. The lowest BCUT2D eigenvalue weighted by Gasteiger charge is -2.36. The number of hydrogen-bond donors (Lipinski definition) is 1. The molecule has 1 rings (SSSR count). The van der Waals surface area contributed by atoms with Crippen molar-refractivity contribution in [2.24, 2.45) is 5.92 Å². The van der Waals surface area contributed by atoms with Crippen LogP contribution in [0.15, 0.2) is 0 Å². The van der Waals surface area contributed by atoms with E-state index in [4.69, 9.17) is 14.6 Å². The van der Waals surface area contributed by atoms with Gasteiger partial charge in [-0.05, 0) is 12.8 Å². The zero-order chi connectivity index (χ0) is 9.90. The Balaban J connectivity index is 2.50. The molecule has 1 aliphatic rings. The van der Waals surface area contributed by atoms with E-state index < -0.39 is 11.8 Å². The fraction of sp³-hybridized carbons (Fsp3) is 0.889. The molecule has 0 bridgehead atoms. The van der Waals surface area contributed by atoms with Crippen LogP contribution in [0.2, 0.25) is 0 Å². The van der Waals surface area contributed by atoms with Gasteiger partial charge >= 0.3 is 5.97 Å². The van der Waals surface area contributed by atoms with Crippen LogP contribution in [0.4, 0.5) is 0 Å². The van der Waals surface area contributed by atoms with Gasteiger partial charge in [-0.2, -0.15) is 0 Å². The Bertz CT molecular complexity index is 176. The van der Waals surface area contributed by atoms with E-state index in [1.54, 1.807) is 14.2 Å². The summed E-state index contributed by atoms with van der Waals surface area (Å²) >= 11 is 0. The van der Waals surface area contributed by atoms with Crippen LogP contribution in [0.25, 0.3) is 0 Å². The molecule has 0 amide bonds. The third kappa shape index (κ3) is 2.19. The van der Waals surface area contributed by atoms with Gasteiger partial charge in [-0.15, -0.1) is 0 Å². The molecule has 0 unspecified atom stereocenters. The summed E-state index contributed by atoms with van der Waals surface area (Å²) in [6, 6.07) is 0. The number of methoxy groups -OCH3 is 2. The van der Waals surface area contributed by atoms with Gasteiger partial charge in [-0.1, -0.05) is 0 Å². The lowest BCUT2D eigenvalue weighted by molar-refractivity contribution is -0.228. The van der Waals surface area contributed by atoms with Crippen molar-refractivity contribution in [3.8, 4) is 0 Å². The average molecular weight is 188 g/mol. The molecule has 1 N–H and O–H groups in total. The Morgan fingerprint density at radius 1 is 1.31 bits per heavy atom. The molecule has 76 valence electrons. The summed E-state index contributed by atoms with van der Waals surface area (Å²) in [5, 5.41) is 8.77. The van der Waals surface area contributed by atoms with Crippen LogP contribution in [-0.4, -0.2) is 31.1 Å². The first-order chi connectivity index (χ1) is 6.13. The molecule has 1 aliphatic carbocycles. The largest absolute Gasteiger partial charge is 0.481 e. The smallest absolute Gasteiger partial charge is 0.306 e. The number of carboxylic acid groups (broad SMARTS) is 1. The molecule has 0 spiro atoms. The van der Waals surface area contributed by atoms with Crippen LogP contribution >= 0.6 is 0 Å². The van der Waals surface area contributed by atoms with Crippen molar-refractivity contribution in [1.29, 1.82) is 0 Å². The van der Waals surface area contributed by atoms with E-state index in [9.17, 15) is 4.79 Å². The van der Waals surface area contributed by atoms with Crippen LogP contribution < -0.4 is 0 Å². The van der Waals surface area contributed by atoms with Crippen molar-refractivity contribution >= 4 is 5.97 Å². The summed E-state index contributed by atoms with van der Waals surface area (Å²) in [4.78, 5) is 10.7. The van der Waals surface area contributed by atoms with Crippen LogP contribution in [0, 0.1) is 5.92 Å². The van der Waals surface area contributed by atoms with Gasteiger partial charge in [0, 0.05) is 27.1 Å². The zero-order valence-corrected chi connectivity index (χ0v) is 8.08. The third-order valence-electron chi connectivity index (χ3n) is 2.84. The minimum Gasteiger partial charge on any atom is -0.481 e. The first-order valence-corrected chi connectivity index (χ1v) is 4.46. The maximum atomic E-state index is 10.7. The molecule has 0 aromatic heterocycles. The highest BCUT2D eigenvalue weighted by Gasteiger charge is 2.37. The van der Waals surface area contributed by atoms with Gasteiger partial charge in [-0.3, -0.25) is 4.79 Å². The number of hydrogen-bond acceptors (Lipinski definition) is 3. The van der Waals surface area contributed by atoms with Gasteiger partial charge in [0.25, 0.3) is 0 Å². The summed E-state index contributed by atoms with van der Waals surface area (Å²) in [6.45, 7) is 0. The molecule has 4 heteroatoms. The van der Waals surface area contributed by atoms with Crippen molar-refractivity contribution in [2.75, 3.05) is 14.2 Å². The van der Waals surface area contributed by atoms with Crippen molar-refractivity contribution < 1.29 is 19.4 Å². The maximum absolute atomic E-state index is 10.7. The molecule has 4 nitrogen and oxygen atoms in total. The SMILES string of the molecule is COC1(OC)CCC(C(=O)O)CC1. The van der Waals surface area contributed by atoms with Gasteiger partial charge in [-0.25, -0.2) is 0 Å². The van der Waals surface area contributed by atoms with Gasteiger partial charge in [0.2, 0.25) is 0 Å². The highest BCUT2D eigenvalue weighted by Crippen LogP contribution is 2.34. The second-order valence-corrected chi connectivity index (χ2v) is 3.43. The number of aliphatic carboxylic acids is 1. The standard InChI is InChI=1S/C9H16O4/c1-12-9(13-2)5-3-7(4-6-9)8(10)11/h7H,3-6H2,1-2H3,(H,10,11). The van der Waals surface area contributed by atoms with Crippen LogP contribution in [0.3, 0.4) is 0 Å². The number of carbonyl (C=O) groups is 1. The van der Waals surface area contributed by atoms with Gasteiger partial charge in [0.1, 0.15) is 0 Å². The Morgan fingerprint density at radius 3 is 2.08 bits per heavy atom. The van der Waals surface area contributed by atoms with E-state index >= 15 is 0 Å². The quantitative estimate of drug-likeness (QED) is 0.677. The van der Waals surface area contributed by atoms with E-state index in [-0.39, 0.29) is 5.92 Å².